The zero-order valence-electron chi connectivity index (χ0n) is 5.99. The summed E-state index contributed by atoms with van der Waals surface area (Å²) in [6, 6.07) is 1.38. The number of nitrogens with zero attached hydrogens (tertiary/aromatic N) is 1. The molecule has 0 radical (unpaired) electrons. The number of nitrogens with one attached hydrogen (secondary N) is 1. The fourth-order valence-corrected chi connectivity index (χ4v) is 1.27. The summed E-state index contributed by atoms with van der Waals surface area (Å²) in [6.45, 7) is -0.0611. The maximum atomic E-state index is 11.6. The van der Waals surface area contributed by atoms with Crippen LogP contribution in [0, 0.1) is 0 Å². The largest absolute Gasteiger partial charge is 0.755 e. The van der Waals surface area contributed by atoms with Crippen molar-refractivity contribution in [2.45, 2.75) is 6.54 Å². The monoisotopic (exact) mass is 192 g/mol. The van der Waals surface area contributed by atoms with Crippen LogP contribution in [0.15, 0.2) is 12.3 Å². The molecule has 0 saturated carbocycles. The Hall–Kier alpha value is -0.920. The Kier molecular flexibility index (Phi) is 2.79. The molecule has 1 atom stereocenters. The van der Waals surface area contributed by atoms with Crippen molar-refractivity contribution in [1.29, 1.82) is 0 Å². The van der Waals surface area contributed by atoms with Gasteiger partial charge in [0.15, 0.2) is 0 Å². The maximum absolute atomic E-state index is 11.6. The van der Waals surface area contributed by atoms with E-state index in [4.69, 9.17) is 5.73 Å². The van der Waals surface area contributed by atoms with Crippen LogP contribution in [-0.2, 0) is 17.8 Å². The van der Waals surface area contributed by atoms with E-state index in [1.165, 1.54) is 17.8 Å². The van der Waals surface area contributed by atoms with Crippen LogP contribution in [0.2, 0.25) is 0 Å². The number of hydrogen-bond donors (Lipinski definition) is 2. The van der Waals surface area contributed by atoms with E-state index in [0.717, 1.165) is 3.97 Å². The molecule has 1 aromatic rings. The van der Waals surface area contributed by atoms with Gasteiger partial charge in [0.25, 0.3) is 0 Å². The first kappa shape index (κ1) is 9.17. The first-order valence-corrected chi connectivity index (χ1v) is 4.08. The second-order valence-electron chi connectivity index (χ2n) is 2.13. The molecule has 5 nitrogen and oxygen atoms in total. The molecular weight excluding hydrogens is 185 g/mol. The second kappa shape index (κ2) is 3.65. The predicted molar refractivity (Wildman–Crippen MR) is 41.1 cm³/mol. The Morgan fingerprint density at radius 2 is 2.50 bits per heavy atom. The van der Waals surface area contributed by atoms with Gasteiger partial charge in [0.05, 0.1) is 17.8 Å². The molecule has 12 heavy (non-hydrogen) atoms. The van der Waals surface area contributed by atoms with Gasteiger partial charge in [-0.15, -0.1) is 4.48 Å². The minimum absolute atomic E-state index is 0.0611. The van der Waals surface area contributed by atoms with Crippen LogP contribution in [0.3, 0.4) is 0 Å². The van der Waals surface area contributed by atoms with E-state index in [0.29, 0.717) is 5.56 Å². The summed E-state index contributed by atoms with van der Waals surface area (Å²) in [6.07, 6.45) is 1.24. The van der Waals surface area contributed by atoms with Crippen molar-refractivity contribution in [1.82, 2.24) is 9.51 Å². The van der Waals surface area contributed by atoms with Crippen LogP contribution >= 0.6 is 0 Å². The average Bonchev–Trinajstić information content (AvgIpc) is 2.32. The number of nitrogen functional groups attached to an aromatic ring is 1. The highest BCUT2D eigenvalue weighted by molar-refractivity contribution is 7.77. The lowest BCUT2D eigenvalue weighted by Crippen LogP contribution is -2.05. The number of rotatable bonds is 3. The van der Waals surface area contributed by atoms with Crippen LogP contribution in [0.4, 0.5) is 10.3 Å². The normalized spacial score (nSPS) is 13.2. The summed E-state index contributed by atoms with van der Waals surface area (Å²) in [5.41, 5.74) is 7.16. The Morgan fingerprint density at radius 3 is 2.92 bits per heavy atom. The lowest BCUT2D eigenvalue weighted by Gasteiger charge is -2.06. The second-order valence-corrected chi connectivity index (χ2v) is 2.95. The molecule has 0 saturated heterocycles. The fourth-order valence-electron chi connectivity index (χ4n) is 0.819. The van der Waals surface area contributed by atoms with E-state index in [9.17, 15) is 13.2 Å². The number of anilines is 1. The van der Waals surface area contributed by atoms with Crippen molar-refractivity contribution in [3.8, 4) is 0 Å². The molecule has 1 aromatic heterocycles. The van der Waals surface area contributed by atoms with E-state index >= 15 is 0 Å². The summed E-state index contributed by atoms with van der Waals surface area (Å²) in [5.74, 6) is 0.0635. The van der Waals surface area contributed by atoms with Crippen molar-refractivity contribution >= 4 is 17.1 Å². The molecule has 3 N–H and O–H groups in total. The minimum atomic E-state index is -2.43. The Balaban J connectivity index is 2.92. The standard InChI is InChI=1S/C5H8FN3O2S/c6-8-2-4-1-5(7)9(3-4)12(10)11/h1,3,8H,2,7H2,(H,10,11)/p-1. The van der Waals surface area contributed by atoms with Crippen LogP contribution in [-0.4, -0.2) is 12.7 Å². The van der Waals surface area contributed by atoms with Crippen molar-refractivity contribution in [3.63, 3.8) is 0 Å². The first-order chi connectivity index (χ1) is 5.65. The van der Waals surface area contributed by atoms with Crippen molar-refractivity contribution in [2.24, 2.45) is 0 Å². The van der Waals surface area contributed by atoms with Crippen LogP contribution < -0.4 is 11.3 Å². The van der Waals surface area contributed by atoms with Crippen molar-refractivity contribution < 1.29 is 13.2 Å². The van der Waals surface area contributed by atoms with Crippen molar-refractivity contribution in [3.05, 3.63) is 17.8 Å². The zero-order valence-corrected chi connectivity index (χ0v) is 6.81. The summed E-state index contributed by atoms with van der Waals surface area (Å²) in [7, 11) is 0. The van der Waals surface area contributed by atoms with Crippen LogP contribution in [0.25, 0.3) is 0 Å². The Morgan fingerprint density at radius 1 is 1.83 bits per heavy atom. The van der Waals surface area contributed by atoms with Gasteiger partial charge in [-0.3, -0.25) is 8.18 Å². The third-order valence-electron chi connectivity index (χ3n) is 1.30. The van der Waals surface area contributed by atoms with Crippen LogP contribution in [0.1, 0.15) is 5.56 Å². The summed E-state index contributed by atoms with van der Waals surface area (Å²) >= 11 is -2.43. The quantitative estimate of drug-likeness (QED) is 0.508. The van der Waals surface area contributed by atoms with Gasteiger partial charge in [-0.25, -0.2) is 0 Å². The molecule has 0 aromatic carbocycles. The lowest BCUT2D eigenvalue weighted by molar-refractivity contribution is 0.330. The number of nitrogens with two attached hydrogens (primary N) is 1. The van der Waals surface area contributed by atoms with Gasteiger partial charge in [-0.05, 0) is 11.6 Å². The Bertz CT molecular complexity index is 301. The number of hydrogen-bond acceptors (Lipinski definition) is 4. The van der Waals surface area contributed by atoms with E-state index < -0.39 is 11.3 Å². The van der Waals surface area contributed by atoms with Gasteiger partial charge < -0.3 is 10.3 Å². The predicted octanol–water partition coefficient (Wildman–Crippen LogP) is -0.313. The summed E-state index contributed by atoms with van der Waals surface area (Å²) in [4.78, 5) is 0. The molecular formula is C5H7FN3O2S-. The number of aromatic nitrogens is 1. The van der Waals surface area contributed by atoms with E-state index in [1.807, 2.05) is 0 Å². The van der Waals surface area contributed by atoms with Gasteiger partial charge in [0, 0.05) is 6.20 Å². The molecule has 0 aliphatic carbocycles. The third-order valence-corrected chi connectivity index (χ3v) is 1.94. The summed E-state index contributed by atoms with van der Waals surface area (Å²) in [5, 5.41) is 0. The van der Waals surface area contributed by atoms with Gasteiger partial charge in [-0.1, -0.05) is 0 Å². The van der Waals surface area contributed by atoms with Gasteiger partial charge in [0.2, 0.25) is 0 Å². The first-order valence-electron chi connectivity index (χ1n) is 3.05. The van der Waals surface area contributed by atoms with Crippen LogP contribution in [0.5, 0.6) is 0 Å². The molecule has 0 bridgehead atoms. The van der Waals surface area contributed by atoms with Gasteiger partial charge in [0.1, 0.15) is 5.82 Å². The highest BCUT2D eigenvalue weighted by atomic mass is 32.2. The van der Waals surface area contributed by atoms with Crippen molar-refractivity contribution in [2.75, 3.05) is 5.73 Å². The molecule has 7 heteroatoms. The number of halogens is 1. The summed E-state index contributed by atoms with van der Waals surface area (Å²) < 4.78 is 33.2. The molecule has 0 fully saturated rings. The topological polar surface area (TPSA) is 83.1 Å². The molecule has 0 aliphatic heterocycles. The molecule has 68 valence electrons. The fraction of sp³-hybridized carbons (Fsp3) is 0.200. The van der Waals surface area contributed by atoms with Gasteiger partial charge >= 0.3 is 0 Å². The molecule has 1 unspecified atom stereocenters. The molecule has 0 spiro atoms. The molecule has 0 aliphatic rings. The molecule has 0 amide bonds. The Labute approximate surface area is 70.7 Å². The molecule has 1 rings (SSSR count). The lowest BCUT2D eigenvalue weighted by atomic mass is 10.3. The maximum Gasteiger partial charge on any atom is 0.114 e. The van der Waals surface area contributed by atoms with E-state index in [2.05, 4.69) is 0 Å². The smallest absolute Gasteiger partial charge is 0.114 e. The zero-order chi connectivity index (χ0) is 9.14. The van der Waals surface area contributed by atoms with Gasteiger partial charge in [-0.2, -0.15) is 5.54 Å². The van der Waals surface area contributed by atoms with E-state index in [1.54, 1.807) is 0 Å². The SMILES string of the molecule is Nc1cc(CNF)cn1S(=O)[O-]. The molecule has 1 heterocycles. The minimum Gasteiger partial charge on any atom is -0.755 e. The third kappa shape index (κ3) is 1.81. The highest BCUT2D eigenvalue weighted by Gasteiger charge is 2.01. The highest BCUT2D eigenvalue weighted by Crippen LogP contribution is 2.10. The average molecular weight is 192 g/mol. The van der Waals surface area contributed by atoms with E-state index in [-0.39, 0.29) is 12.4 Å².